The first-order valence-corrected chi connectivity index (χ1v) is 5.31. The SMILES string of the molecule is COC(=O)c1ccc(/C=C/CBr)cc1. The van der Waals surface area contributed by atoms with Crippen LogP contribution in [0.1, 0.15) is 15.9 Å². The van der Waals surface area contributed by atoms with E-state index in [4.69, 9.17) is 0 Å². The summed E-state index contributed by atoms with van der Waals surface area (Å²) in [7, 11) is 1.38. The highest BCUT2D eigenvalue weighted by Gasteiger charge is 2.02. The lowest BCUT2D eigenvalue weighted by molar-refractivity contribution is 0.0601. The van der Waals surface area contributed by atoms with Crippen LogP contribution in [0.15, 0.2) is 30.3 Å². The Balaban J connectivity index is 2.78. The zero-order valence-corrected chi connectivity index (χ0v) is 9.45. The Morgan fingerprint density at radius 2 is 2.07 bits per heavy atom. The van der Waals surface area contributed by atoms with Gasteiger partial charge in [0.2, 0.25) is 0 Å². The van der Waals surface area contributed by atoms with Gasteiger partial charge >= 0.3 is 5.97 Å². The molecule has 0 bridgehead atoms. The van der Waals surface area contributed by atoms with Crippen LogP contribution >= 0.6 is 15.9 Å². The van der Waals surface area contributed by atoms with E-state index >= 15 is 0 Å². The lowest BCUT2D eigenvalue weighted by atomic mass is 10.1. The summed E-state index contributed by atoms with van der Waals surface area (Å²) in [5.74, 6) is -0.305. The minimum Gasteiger partial charge on any atom is -0.465 e. The number of allylic oxidation sites excluding steroid dienone is 1. The summed E-state index contributed by atoms with van der Waals surface area (Å²) >= 11 is 3.29. The monoisotopic (exact) mass is 254 g/mol. The van der Waals surface area contributed by atoms with Gasteiger partial charge < -0.3 is 4.74 Å². The van der Waals surface area contributed by atoms with Gasteiger partial charge in [-0.05, 0) is 17.7 Å². The molecule has 2 nitrogen and oxygen atoms in total. The quantitative estimate of drug-likeness (QED) is 0.613. The van der Waals surface area contributed by atoms with E-state index in [0.717, 1.165) is 10.9 Å². The van der Waals surface area contributed by atoms with Crippen molar-refractivity contribution in [2.75, 3.05) is 12.4 Å². The number of methoxy groups -OCH3 is 1. The van der Waals surface area contributed by atoms with Crippen molar-refractivity contribution >= 4 is 28.0 Å². The summed E-state index contributed by atoms with van der Waals surface area (Å²) in [6, 6.07) is 7.26. The normalized spacial score (nSPS) is 10.4. The Morgan fingerprint density at radius 1 is 1.43 bits per heavy atom. The number of ether oxygens (including phenoxy) is 1. The lowest BCUT2D eigenvalue weighted by Crippen LogP contribution is -2.00. The average molecular weight is 255 g/mol. The van der Waals surface area contributed by atoms with Crippen LogP contribution in [0.25, 0.3) is 6.08 Å². The molecule has 14 heavy (non-hydrogen) atoms. The molecule has 0 heterocycles. The molecule has 0 aromatic heterocycles. The fraction of sp³-hybridized carbons (Fsp3) is 0.182. The summed E-state index contributed by atoms with van der Waals surface area (Å²) in [5, 5.41) is 0.825. The predicted octanol–water partition coefficient (Wildman–Crippen LogP) is 2.88. The van der Waals surface area contributed by atoms with Crippen LogP contribution in [0.2, 0.25) is 0 Å². The van der Waals surface area contributed by atoms with Crippen molar-refractivity contribution < 1.29 is 9.53 Å². The van der Waals surface area contributed by atoms with Crippen molar-refractivity contribution in [2.45, 2.75) is 0 Å². The van der Waals surface area contributed by atoms with Crippen LogP contribution < -0.4 is 0 Å². The van der Waals surface area contributed by atoms with Gasteiger partial charge in [0.05, 0.1) is 12.7 Å². The second-order valence-corrected chi connectivity index (χ2v) is 3.32. The van der Waals surface area contributed by atoms with Crippen molar-refractivity contribution in [1.29, 1.82) is 0 Å². The predicted molar refractivity (Wildman–Crippen MR) is 60.6 cm³/mol. The number of rotatable bonds is 3. The van der Waals surface area contributed by atoms with Crippen LogP contribution in [0.5, 0.6) is 0 Å². The molecule has 3 heteroatoms. The van der Waals surface area contributed by atoms with E-state index in [9.17, 15) is 4.79 Å². The van der Waals surface area contributed by atoms with E-state index in [1.54, 1.807) is 12.1 Å². The van der Waals surface area contributed by atoms with Gasteiger partial charge in [-0.1, -0.05) is 40.2 Å². The summed E-state index contributed by atoms with van der Waals surface area (Å²) in [6.45, 7) is 0. The highest BCUT2D eigenvalue weighted by atomic mass is 79.9. The number of benzene rings is 1. The molecule has 0 saturated carbocycles. The Kier molecular flexibility index (Phi) is 4.40. The van der Waals surface area contributed by atoms with Gasteiger partial charge in [0.15, 0.2) is 0 Å². The standard InChI is InChI=1S/C11H11BrO2/c1-14-11(13)10-6-4-9(5-7-10)3-2-8-12/h2-7H,8H2,1H3/b3-2+. The molecule has 0 N–H and O–H groups in total. The van der Waals surface area contributed by atoms with E-state index in [2.05, 4.69) is 20.7 Å². The molecule has 0 aliphatic rings. The van der Waals surface area contributed by atoms with E-state index < -0.39 is 0 Å². The molecule has 0 amide bonds. The van der Waals surface area contributed by atoms with Crippen LogP contribution in [0.4, 0.5) is 0 Å². The number of halogens is 1. The average Bonchev–Trinajstić information content (AvgIpc) is 2.26. The fourth-order valence-corrected chi connectivity index (χ4v) is 1.22. The highest BCUT2D eigenvalue weighted by molar-refractivity contribution is 9.09. The number of carbonyl (C=O) groups is 1. The fourth-order valence-electron chi connectivity index (χ4n) is 1.03. The summed E-state index contributed by atoms with van der Waals surface area (Å²) in [5.41, 5.74) is 1.64. The maximum absolute atomic E-state index is 11.1. The molecule has 1 aromatic rings. The zero-order valence-electron chi connectivity index (χ0n) is 7.87. The first-order valence-electron chi connectivity index (χ1n) is 4.19. The van der Waals surface area contributed by atoms with Gasteiger partial charge in [-0.2, -0.15) is 0 Å². The minimum atomic E-state index is -0.305. The van der Waals surface area contributed by atoms with Crippen molar-refractivity contribution in [3.05, 3.63) is 41.5 Å². The van der Waals surface area contributed by atoms with Crippen molar-refractivity contribution in [3.63, 3.8) is 0 Å². The summed E-state index contributed by atoms with van der Waals surface area (Å²) in [6.07, 6.45) is 3.98. The molecule has 0 fully saturated rings. The molecule has 0 atom stereocenters. The van der Waals surface area contributed by atoms with E-state index in [0.29, 0.717) is 5.56 Å². The van der Waals surface area contributed by atoms with E-state index in [1.807, 2.05) is 24.3 Å². The summed E-state index contributed by atoms with van der Waals surface area (Å²) in [4.78, 5) is 11.1. The Morgan fingerprint density at radius 3 is 2.57 bits per heavy atom. The van der Waals surface area contributed by atoms with Crippen LogP contribution in [-0.2, 0) is 4.74 Å². The topological polar surface area (TPSA) is 26.3 Å². The lowest BCUT2D eigenvalue weighted by Gasteiger charge is -1.98. The third-order valence-electron chi connectivity index (χ3n) is 1.73. The third kappa shape index (κ3) is 3.00. The molecule has 0 radical (unpaired) electrons. The molecular weight excluding hydrogens is 244 g/mol. The van der Waals surface area contributed by atoms with Crippen LogP contribution in [0.3, 0.4) is 0 Å². The van der Waals surface area contributed by atoms with Crippen LogP contribution in [0, 0.1) is 0 Å². The molecule has 0 unspecified atom stereocenters. The number of esters is 1. The van der Waals surface area contributed by atoms with Crippen molar-refractivity contribution in [2.24, 2.45) is 0 Å². The van der Waals surface area contributed by atoms with Gasteiger partial charge in [-0.3, -0.25) is 0 Å². The van der Waals surface area contributed by atoms with Gasteiger partial charge in [-0.25, -0.2) is 4.79 Å². The molecule has 1 rings (SSSR count). The Hall–Kier alpha value is -1.09. The van der Waals surface area contributed by atoms with Gasteiger partial charge in [0, 0.05) is 5.33 Å². The van der Waals surface area contributed by atoms with Gasteiger partial charge in [0.25, 0.3) is 0 Å². The Bertz CT molecular complexity index is 328. The van der Waals surface area contributed by atoms with Crippen molar-refractivity contribution in [1.82, 2.24) is 0 Å². The van der Waals surface area contributed by atoms with Gasteiger partial charge in [-0.15, -0.1) is 0 Å². The van der Waals surface area contributed by atoms with Gasteiger partial charge in [0.1, 0.15) is 0 Å². The van der Waals surface area contributed by atoms with Crippen molar-refractivity contribution in [3.8, 4) is 0 Å². The molecule has 0 spiro atoms. The summed E-state index contributed by atoms with van der Waals surface area (Å²) < 4.78 is 4.59. The van der Waals surface area contributed by atoms with Crippen LogP contribution in [-0.4, -0.2) is 18.4 Å². The first-order chi connectivity index (χ1) is 6.77. The van der Waals surface area contributed by atoms with E-state index in [1.165, 1.54) is 7.11 Å². The second kappa shape index (κ2) is 5.60. The molecule has 0 aliphatic heterocycles. The number of alkyl halides is 1. The van der Waals surface area contributed by atoms with E-state index in [-0.39, 0.29) is 5.97 Å². The largest absolute Gasteiger partial charge is 0.465 e. The Labute approximate surface area is 91.7 Å². The molecule has 74 valence electrons. The molecule has 0 aliphatic carbocycles. The second-order valence-electron chi connectivity index (χ2n) is 2.67. The smallest absolute Gasteiger partial charge is 0.337 e. The molecule has 0 saturated heterocycles. The number of hydrogen-bond acceptors (Lipinski definition) is 2. The number of carbonyl (C=O) groups excluding carboxylic acids is 1. The molecule has 1 aromatic carbocycles. The third-order valence-corrected chi connectivity index (χ3v) is 2.10. The number of hydrogen-bond donors (Lipinski definition) is 0. The maximum atomic E-state index is 11.1. The molecular formula is C11H11BrO2. The maximum Gasteiger partial charge on any atom is 0.337 e. The minimum absolute atomic E-state index is 0.305. The first kappa shape index (κ1) is 11.0. The highest BCUT2D eigenvalue weighted by Crippen LogP contribution is 2.07. The zero-order chi connectivity index (χ0) is 10.4.